The van der Waals surface area contributed by atoms with Gasteiger partial charge >= 0.3 is 6.18 Å². The minimum Gasteiger partial charge on any atom is -0.279 e. The van der Waals surface area contributed by atoms with Crippen molar-refractivity contribution in [3.8, 4) is 0 Å². The standard InChI is InChI=1S/C16H16F3NO2S/c1-10-8-12(3)15(9-11(10)2)23(21,22)20-14-7-5-4-6-13(14)16(17,18)19/h4-9,20H,1-3H3. The van der Waals surface area contributed by atoms with Gasteiger partial charge in [0, 0.05) is 0 Å². The van der Waals surface area contributed by atoms with Crippen molar-refractivity contribution in [2.45, 2.75) is 31.8 Å². The first-order chi connectivity index (χ1) is 10.5. The molecule has 0 fully saturated rings. The van der Waals surface area contributed by atoms with E-state index in [4.69, 9.17) is 0 Å². The van der Waals surface area contributed by atoms with Crippen LogP contribution in [0, 0.1) is 20.8 Å². The van der Waals surface area contributed by atoms with Crippen molar-refractivity contribution in [2.75, 3.05) is 4.72 Å². The van der Waals surface area contributed by atoms with Crippen LogP contribution in [-0.2, 0) is 16.2 Å². The SMILES string of the molecule is Cc1cc(C)c(S(=O)(=O)Nc2ccccc2C(F)(F)F)cc1C. The first-order valence-corrected chi connectivity index (χ1v) is 8.27. The number of alkyl halides is 3. The summed E-state index contributed by atoms with van der Waals surface area (Å²) >= 11 is 0. The van der Waals surface area contributed by atoms with Crippen molar-refractivity contribution in [2.24, 2.45) is 0 Å². The van der Waals surface area contributed by atoms with Gasteiger partial charge in [-0.05, 0) is 55.7 Å². The fourth-order valence-corrected chi connectivity index (χ4v) is 3.63. The van der Waals surface area contributed by atoms with Gasteiger partial charge in [0.2, 0.25) is 0 Å². The van der Waals surface area contributed by atoms with Crippen molar-refractivity contribution in [1.29, 1.82) is 0 Å². The van der Waals surface area contributed by atoms with E-state index in [1.807, 2.05) is 11.6 Å². The summed E-state index contributed by atoms with van der Waals surface area (Å²) in [5.74, 6) is 0. The smallest absolute Gasteiger partial charge is 0.279 e. The number of sulfonamides is 1. The van der Waals surface area contributed by atoms with Crippen LogP contribution >= 0.6 is 0 Å². The van der Waals surface area contributed by atoms with Crippen LogP contribution in [0.5, 0.6) is 0 Å². The summed E-state index contributed by atoms with van der Waals surface area (Å²) in [4.78, 5) is -0.0300. The van der Waals surface area contributed by atoms with Crippen LogP contribution in [0.3, 0.4) is 0 Å². The van der Waals surface area contributed by atoms with Gasteiger partial charge in [-0.3, -0.25) is 4.72 Å². The van der Waals surface area contributed by atoms with E-state index < -0.39 is 27.5 Å². The van der Waals surface area contributed by atoms with Gasteiger partial charge in [0.15, 0.2) is 0 Å². The number of benzene rings is 2. The summed E-state index contributed by atoms with van der Waals surface area (Å²) < 4.78 is 66.0. The van der Waals surface area contributed by atoms with Crippen molar-refractivity contribution in [1.82, 2.24) is 0 Å². The van der Waals surface area contributed by atoms with Gasteiger partial charge < -0.3 is 0 Å². The van der Waals surface area contributed by atoms with Gasteiger partial charge in [-0.25, -0.2) is 8.42 Å². The zero-order chi connectivity index (χ0) is 17.4. The van der Waals surface area contributed by atoms with E-state index in [0.29, 0.717) is 5.56 Å². The van der Waals surface area contributed by atoms with Crippen molar-refractivity contribution < 1.29 is 21.6 Å². The quantitative estimate of drug-likeness (QED) is 0.896. The molecule has 0 aliphatic carbocycles. The van der Waals surface area contributed by atoms with Crippen LogP contribution in [0.2, 0.25) is 0 Å². The molecule has 2 aromatic rings. The van der Waals surface area contributed by atoms with Gasteiger partial charge in [-0.1, -0.05) is 18.2 Å². The van der Waals surface area contributed by atoms with Crippen LogP contribution < -0.4 is 4.72 Å². The topological polar surface area (TPSA) is 46.2 Å². The third-order valence-electron chi connectivity index (χ3n) is 3.56. The average molecular weight is 343 g/mol. The molecule has 0 saturated heterocycles. The zero-order valence-electron chi connectivity index (χ0n) is 12.8. The van der Waals surface area contributed by atoms with Gasteiger partial charge in [-0.2, -0.15) is 13.2 Å². The van der Waals surface area contributed by atoms with E-state index in [0.717, 1.165) is 23.3 Å². The molecule has 0 radical (unpaired) electrons. The Morgan fingerprint density at radius 1 is 0.913 bits per heavy atom. The lowest BCUT2D eigenvalue weighted by atomic mass is 10.1. The minimum absolute atomic E-state index is 0.0300. The molecule has 23 heavy (non-hydrogen) atoms. The van der Waals surface area contributed by atoms with Gasteiger partial charge in [0.05, 0.1) is 16.1 Å². The van der Waals surface area contributed by atoms with Crippen molar-refractivity contribution in [3.05, 3.63) is 58.7 Å². The summed E-state index contributed by atoms with van der Waals surface area (Å²) in [5.41, 5.74) is 0.630. The van der Waals surface area contributed by atoms with E-state index >= 15 is 0 Å². The number of nitrogens with one attached hydrogen (secondary N) is 1. The minimum atomic E-state index is -4.64. The van der Waals surface area contributed by atoms with Gasteiger partial charge in [0.1, 0.15) is 0 Å². The largest absolute Gasteiger partial charge is 0.418 e. The Morgan fingerprint density at radius 2 is 1.48 bits per heavy atom. The van der Waals surface area contributed by atoms with Crippen molar-refractivity contribution in [3.63, 3.8) is 0 Å². The Hall–Kier alpha value is -2.02. The Morgan fingerprint density at radius 3 is 2.09 bits per heavy atom. The first-order valence-electron chi connectivity index (χ1n) is 6.79. The average Bonchev–Trinajstić information content (AvgIpc) is 2.41. The summed E-state index contributed by atoms with van der Waals surface area (Å²) in [5, 5.41) is 0. The summed E-state index contributed by atoms with van der Waals surface area (Å²) in [6.07, 6.45) is -4.64. The molecule has 0 spiro atoms. The maximum Gasteiger partial charge on any atom is 0.418 e. The Bertz CT molecular complexity index is 843. The van der Waals surface area contributed by atoms with Crippen LogP contribution in [0.4, 0.5) is 18.9 Å². The zero-order valence-corrected chi connectivity index (χ0v) is 13.6. The number of hydrogen-bond donors (Lipinski definition) is 1. The predicted molar refractivity (Wildman–Crippen MR) is 82.9 cm³/mol. The molecule has 0 heterocycles. The molecule has 1 N–H and O–H groups in total. The molecule has 3 nitrogen and oxygen atoms in total. The van der Waals surface area contributed by atoms with E-state index in [1.165, 1.54) is 18.2 Å². The van der Waals surface area contributed by atoms with E-state index in [2.05, 4.69) is 0 Å². The van der Waals surface area contributed by atoms with Crippen molar-refractivity contribution >= 4 is 15.7 Å². The van der Waals surface area contributed by atoms with Crippen LogP contribution in [0.1, 0.15) is 22.3 Å². The highest BCUT2D eigenvalue weighted by molar-refractivity contribution is 7.92. The molecule has 0 unspecified atom stereocenters. The third kappa shape index (κ3) is 3.67. The molecule has 0 aliphatic rings. The summed E-state index contributed by atoms with van der Waals surface area (Å²) in [7, 11) is -4.12. The summed E-state index contributed by atoms with van der Waals surface area (Å²) in [6.45, 7) is 5.19. The molecule has 0 bridgehead atoms. The Balaban J connectivity index is 2.51. The molecule has 7 heteroatoms. The highest BCUT2D eigenvalue weighted by atomic mass is 32.2. The van der Waals surface area contributed by atoms with E-state index in [1.54, 1.807) is 19.9 Å². The Kier molecular flexibility index (Phi) is 4.43. The highest BCUT2D eigenvalue weighted by Crippen LogP contribution is 2.35. The molecule has 0 amide bonds. The predicted octanol–water partition coefficient (Wildman–Crippen LogP) is 4.43. The summed E-state index contributed by atoms with van der Waals surface area (Å²) in [6, 6.07) is 7.65. The monoisotopic (exact) mass is 343 g/mol. The lowest BCUT2D eigenvalue weighted by Gasteiger charge is -2.16. The highest BCUT2D eigenvalue weighted by Gasteiger charge is 2.34. The molecule has 0 aromatic heterocycles. The second-order valence-electron chi connectivity index (χ2n) is 5.35. The molecule has 0 saturated carbocycles. The molecular formula is C16H16F3NO2S. The number of hydrogen-bond acceptors (Lipinski definition) is 2. The van der Waals surface area contributed by atoms with Crippen LogP contribution in [0.25, 0.3) is 0 Å². The van der Waals surface area contributed by atoms with Gasteiger partial charge in [0.25, 0.3) is 10.0 Å². The van der Waals surface area contributed by atoms with Crippen LogP contribution in [0.15, 0.2) is 41.3 Å². The van der Waals surface area contributed by atoms with Crippen LogP contribution in [-0.4, -0.2) is 8.42 Å². The van der Waals surface area contributed by atoms with E-state index in [-0.39, 0.29) is 4.90 Å². The fourth-order valence-electron chi connectivity index (χ4n) is 2.24. The number of halogens is 3. The number of para-hydroxylation sites is 1. The number of rotatable bonds is 3. The third-order valence-corrected chi connectivity index (χ3v) is 5.07. The normalized spacial score (nSPS) is 12.3. The number of anilines is 1. The second-order valence-corrected chi connectivity index (χ2v) is 7.00. The molecule has 0 aliphatic heterocycles. The molecule has 2 rings (SSSR count). The first kappa shape index (κ1) is 17.3. The second kappa shape index (κ2) is 5.88. The molecule has 124 valence electrons. The molecular weight excluding hydrogens is 327 g/mol. The lowest BCUT2D eigenvalue weighted by Crippen LogP contribution is -2.18. The number of aryl methyl sites for hydroxylation is 3. The lowest BCUT2D eigenvalue weighted by molar-refractivity contribution is -0.136. The van der Waals surface area contributed by atoms with Gasteiger partial charge in [-0.15, -0.1) is 0 Å². The molecule has 0 atom stereocenters. The maximum absolute atomic E-state index is 13.0. The fraction of sp³-hybridized carbons (Fsp3) is 0.250. The maximum atomic E-state index is 13.0. The Labute approximate surface area is 133 Å². The van der Waals surface area contributed by atoms with E-state index in [9.17, 15) is 21.6 Å². The molecule has 2 aromatic carbocycles.